The third kappa shape index (κ3) is 4.00. The summed E-state index contributed by atoms with van der Waals surface area (Å²) in [6, 6.07) is 7.21. The number of rotatable bonds is 3. The van der Waals surface area contributed by atoms with E-state index in [4.69, 9.17) is 16.3 Å². The summed E-state index contributed by atoms with van der Waals surface area (Å²) in [7, 11) is 0. The SMILES string of the molecule is C[C@@]1(c2cc(NC(=O)c3ccc(Cl)cn3)ccc2F)COCCC(=O)N1. The summed E-state index contributed by atoms with van der Waals surface area (Å²) in [5, 5.41) is 5.87. The predicted molar refractivity (Wildman–Crippen MR) is 94.5 cm³/mol. The van der Waals surface area contributed by atoms with Gasteiger partial charge in [0.2, 0.25) is 5.91 Å². The van der Waals surface area contributed by atoms with Gasteiger partial charge in [0.1, 0.15) is 11.5 Å². The Kier molecular flexibility index (Phi) is 5.20. The molecule has 1 aliphatic heterocycles. The fourth-order valence-electron chi connectivity index (χ4n) is 2.72. The molecule has 136 valence electrons. The number of nitrogens with zero attached hydrogens (tertiary/aromatic N) is 1. The average molecular weight is 378 g/mol. The molecule has 8 heteroatoms. The van der Waals surface area contributed by atoms with Crippen LogP contribution in [0.15, 0.2) is 36.5 Å². The second-order valence-electron chi connectivity index (χ2n) is 6.19. The number of hydrogen-bond acceptors (Lipinski definition) is 4. The number of hydrogen-bond donors (Lipinski definition) is 2. The first kappa shape index (κ1) is 18.3. The monoisotopic (exact) mass is 377 g/mol. The van der Waals surface area contributed by atoms with Gasteiger partial charge in [0.05, 0.1) is 23.8 Å². The van der Waals surface area contributed by atoms with Gasteiger partial charge in [-0.2, -0.15) is 0 Å². The van der Waals surface area contributed by atoms with Gasteiger partial charge < -0.3 is 15.4 Å². The van der Waals surface area contributed by atoms with Crippen molar-refractivity contribution in [2.75, 3.05) is 18.5 Å². The molecule has 2 heterocycles. The topological polar surface area (TPSA) is 80.3 Å². The van der Waals surface area contributed by atoms with Crippen molar-refractivity contribution in [3.8, 4) is 0 Å². The van der Waals surface area contributed by atoms with Gasteiger partial charge in [-0.15, -0.1) is 0 Å². The van der Waals surface area contributed by atoms with E-state index in [2.05, 4.69) is 15.6 Å². The fourth-order valence-corrected chi connectivity index (χ4v) is 2.84. The summed E-state index contributed by atoms with van der Waals surface area (Å²) >= 11 is 5.76. The normalized spacial score (nSPS) is 20.2. The van der Waals surface area contributed by atoms with Crippen molar-refractivity contribution in [1.82, 2.24) is 10.3 Å². The van der Waals surface area contributed by atoms with Crippen molar-refractivity contribution in [3.63, 3.8) is 0 Å². The Labute approximate surface area is 154 Å². The number of carbonyl (C=O) groups is 2. The van der Waals surface area contributed by atoms with Crippen LogP contribution >= 0.6 is 11.6 Å². The molecule has 2 N–H and O–H groups in total. The molecule has 0 aliphatic carbocycles. The number of benzene rings is 1. The summed E-state index contributed by atoms with van der Waals surface area (Å²) in [6.45, 7) is 2.09. The van der Waals surface area contributed by atoms with E-state index in [1.165, 1.54) is 30.5 Å². The molecule has 2 aromatic rings. The lowest BCUT2D eigenvalue weighted by molar-refractivity contribution is -0.122. The number of amides is 2. The van der Waals surface area contributed by atoms with Crippen LogP contribution in [0.25, 0.3) is 0 Å². The van der Waals surface area contributed by atoms with Gasteiger partial charge in [-0.25, -0.2) is 9.37 Å². The van der Waals surface area contributed by atoms with Crippen LogP contribution in [-0.2, 0) is 15.1 Å². The van der Waals surface area contributed by atoms with E-state index in [1.807, 2.05) is 0 Å². The van der Waals surface area contributed by atoms with E-state index in [9.17, 15) is 14.0 Å². The van der Waals surface area contributed by atoms with Crippen molar-refractivity contribution < 1.29 is 18.7 Å². The summed E-state index contributed by atoms with van der Waals surface area (Å²) in [4.78, 5) is 28.1. The van der Waals surface area contributed by atoms with Gasteiger partial charge in [-0.1, -0.05) is 11.6 Å². The van der Waals surface area contributed by atoms with Crippen LogP contribution in [0.4, 0.5) is 10.1 Å². The van der Waals surface area contributed by atoms with Gasteiger partial charge >= 0.3 is 0 Å². The molecular weight excluding hydrogens is 361 g/mol. The van der Waals surface area contributed by atoms with Crippen LogP contribution in [-0.4, -0.2) is 30.0 Å². The van der Waals surface area contributed by atoms with E-state index >= 15 is 0 Å². The van der Waals surface area contributed by atoms with Crippen molar-refractivity contribution >= 4 is 29.1 Å². The molecule has 0 radical (unpaired) electrons. The lowest BCUT2D eigenvalue weighted by Gasteiger charge is -2.29. The van der Waals surface area contributed by atoms with Gasteiger partial charge in [-0.05, 0) is 37.3 Å². The van der Waals surface area contributed by atoms with Crippen LogP contribution in [0.3, 0.4) is 0 Å². The van der Waals surface area contributed by atoms with E-state index in [0.717, 1.165) is 0 Å². The molecule has 0 bridgehead atoms. The lowest BCUT2D eigenvalue weighted by atomic mass is 9.91. The minimum Gasteiger partial charge on any atom is -0.378 e. The Morgan fingerprint density at radius 1 is 1.38 bits per heavy atom. The number of pyridine rings is 1. The second-order valence-corrected chi connectivity index (χ2v) is 6.63. The first-order chi connectivity index (χ1) is 12.4. The molecule has 0 spiro atoms. The van der Waals surface area contributed by atoms with Crippen LogP contribution < -0.4 is 10.6 Å². The van der Waals surface area contributed by atoms with Gasteiger partial charge in [-0.3, -0.25) is 9.59 Å². The van der Waals surface area contributed by atoms with Gasteiger partial charge in [0.15, 0.2) is 0 Å². The van der Waals surface area contributed by atoms with Crippen molar-refractivity contribution in [3.05, 3.63) is 58.6 Å². The smallest absolute Gasteiger partial charge is 0.274 e. The van der Waals surface area contributed by atoms with Crippen LogP contribution in [0.2, 0.25) is 5.02 Å². The highest BCUT2D eigenvalue weighted by molar-refractivity contribution is 6.30. The quantitative estimate of drug-likeness (QED) is 0.861. The number of anilines is 1. The molecule has 1 aromatic heterocycles. The Balaban J connectivity index is 1.86. The highest BCUT2D eigenvalue weighted by atomic mass is 35.5. The standard InChI is InChI=1S/C18H17ClFN3O3/c1-18(10-26-7-6-16(24)23-18)13-8-12(3-4-14(13)20)22-17(25)15-5-2-11(19)9-21-15/h2-5,8-9H,6-7,10H2,1H3,(H,22,25)(H,23,24)/t18-/m0/s1. The minimum absolute atomic E-state index is 0.131. The third-order valence-corrected chi connectivity index (χ3v) is 4.28. The molecular formula is C18H17ClFN3O3. The highest BCUT2D eigenvalue weighted by Crippen LogP contribution is 2.28. The molecule has 1 aromatic carbocycles. The molecule has 0 saturated carbocycles. The molecule has 6 nitrogen and oxygen atoms in total. The van der Waals surface area contributed by atoms with E-state index in [0.29, 0.717) is 10.7 Å². The Morgan fingerprint density at radius 3 is 2.92 bits per heavy atom. The Morgan fingerprint density at radius 2 is 2.19 bits per heavy atom. The molecule has 3 rings (SSSR count). The molecule has 1 aliphatic rings. The van der Waals surface area contributed by atoms with Crippen LogP contribution in [0, 0.1) is 5.82 Å². The summed E-state index contributed by atoms with van der Waals surface area (Å²) in [5.41, 5.74) is -0.244. The van der Waals surface area contributed by atoms with E-state index in [1.54, 1.807) is 13.0 Å². The Bertz CT molecular complexity index is 844. The van der Waals surface area contributed by atoms with Crippen molar-refractivity contribution in [1.29, 1.82) is 0 Å². The minimum atomic E-state index is -1.03. The van der Waals surface area contributed by atoms with Crippen molar-refractivity contribution in [2.24, 2.45) is 0 Å². The van der Waals surface area contributed by atoms with E-state index in [-0.39, 0.29) is 36.8 Å². The first-order valence-corrected chi connectivity index (χ1v) is 8.37. The highest BCUT2D eigenvalue weighted by Gasteiger charge is 2.34. The number of nitrogens with one attached hydrogen (secondary N) is 2. The molecule has 26 heavy (non-hydrogen) atoms. The lowest BCUT2D eigenvalue weighted by Crippen LogP contribution is -2.45. The number of carbonyl (C=O) groups excluding carboxylic acids is 2. The van der Waals surface area contributed by atoms with Crippen LogP contribution in [0.5, 0.6) is 0 Å². The summed E-state index contributed by atoms with van der Waals surface area (Å²) in [5.74, 6) is -1.17. The summed E-state index contributed by atoms with van der Waals surface area (Å²) in [6.07, 6.45) is 1.59. The Hall–Kier alpha value is -2.51. The maximum absolute atomic E-state index is 14.4. The maximum Gasteiger partial charge on any atom is 0.274 e. The second kappa shape index (κ2) is 7.39. The molecule has 1 atom stereocenters. The van der Waals surface area contributed by atoms with Gasteiger partial charge in [0.25, 0.3) is 5.91 Å². The molecule has 2 amide bonds. The maximum atomic E-state index is 14.4. The van der Waals surface area contributed by atoms with E-state index < -0.39 is 17.3 Å². The largest absolute Gasteiger partial charge is 0.378 e. The van der Waals surface area contributed by atoms with Crippen LogP contribution in [0.1, 0.15) is 29.4 Å². The molecule has 1 fully saturated rings. The van der Waals surface area contributed by atoms with Crippen molar-refractivity contribution in [2.45, 2.75) is 18.9 Å². The number of halogens is 2. The average Bonchev–Trinajstić information content (AvgIpc) is 2.78. The fraction of sp³-hybridized carbons (Fsp3) is 0.278. The molecule has 0 unspecified atom stereocenters. The predicted octanol–water partition coefficient (Wildman–Crippen LogP) is 2.88. The zero-order valence-corrected chi connectivity index (χ0v) is 14.8. The first-order valence-electron chi connectivity index (χ1n) is 7.99. The summed E-state index contributed by atoms with van der Waals surface area (Å²) < 4.78 is 19.8. The zero-order valence-electron chi connectivity index (χ0n) is 14.0. The molecule has 1 saturated heterocycles. The van der Waals surface area contributed by atoms with Gasteiger partial charge in [0, 0.05) is 23.9 Å². The number of ether oxygens (including phenoxy) is 1. The zero-order chi connectivity index (χ0) is 18.7. The third-order valence-electron chi connectivity index (χ3n) is 4.06. The number of aromatic nitrogens is 1.